The van der Waals surface area contributed by atoms with Crippen LogP contribution in [0.1, 0.15) is 48.3 Å². The van der Waals surface area contributed by atoms with E-state index in [1.165, 1.54) is 25.3 Å². The third-order valence-electron chi connectivity index (χ3n) is 4.10. The number of amides is 2. The number of hydrogen-bond acceptors (Lipinski definition) is 4. The van der Waals surface area contributed by atoms with Gasteiger partial charge in [-0.2, -0.15) is 0 Å². The third-order valence-corrected chi connectivity index (χ3v) is 4.10. The summed E-state index contributed by atoms with van der Waals surface area (Å²) in [5, 5.41) is 4.95. The number of halogens is 2. The summed E-state index contributed by atoms with van der Waals surface area (Å²) in [5.41, 5.74) is 0.254. The van der Waals surface area contributed by atoms with Gasteiger partial charge in [0.1, 0.15) is 17.4 Å². The van der Waals surface area contributed by atoms with Crippen molar-refractivity contribution in [3.8, 4) is 5.75 Å². The number of alkyl carbamates (subject to hydrolysis) is 1. The molecule has 30 heavy (non-hydrogen) atoms. The summed E-state index contributed by atoms with van der Waals surface area (Å²) < 4.78 is 37.5. The van der Waals surface area contributed by atoms with E-state index >= 15 is 0 Å². The summed E-state index contributed by atoms with van der Waals surface area (Å²) in [4.78, 5) is 24.6. The van der Waals surface area contributed by atoms with Crippen LogP contribution in [0.15, 0.2) is 48.5 Å². The lowest BCUT2D eigenvalue weighted by Crippen LogP contribution is -2.35. The smallest absolute Gasteiger partial charge is 0.407 e. The molecule has 0 heterocycles. The van der Waals surface area contributed by atoms with E-state index in [2.05, 4.69) is 10.6 Å². The number of carbonyl (C=O) groups is 2. The van der Waals surface area contributed by atoms with Crippen LogP contribution in [0.4, 0.5) is 13.6 Å². The Labute approximate surface area is 174 Å². The van der Waals surface area contributed by atoms with Crippen molar-refractivity contribution in [2.75, 3.05) is 7.11 Å². The predicted octanol–water partition coefficient (Wildman–Crippen LogP) is 4.46. The van der Waals surface area contributed by atoms with Crippen LogP contribution in [0.25, 0.3) is 0 Å². The average Bonchev–Trinajstić information content (AvgIpc) is 2.69. The molecule has 0 bridgehead atoms. The van der Waals surface area contributed by atoms with E-state index in [9.17, 15) is 18.4 Å². The SMILES string of the molecule is COc1ccc([C@H](NC(=O)c2ccccc2CNC(=O)OC(C)(C)C)C(F)F)cc1. The second-order valence-electron chi connectivity index (χ2n) is 7.57. The molecular weight excluding hydrogens is 394 g/mol. The standard InChI is InChI=1S/C22H26F2N2O4/c1-22(2,3)30-21(28)25-13-15-7-5-6-8-17(15)20(27)26-18(19(23)24)14-9-11-16(29-4)12-10-14/h5-12,18-19H,13H2,1-4H3,(H,25,28)(H,26,27)/t18-/m0/s1. The van der Waals surface area contributed by atoms with Gasteiger partial charge in [0.15, 0.2) is 0 Å². The van der Waals surface area contributed by atoms with Gasteiger partial charge in [-0.25, -0.2) is 13.6 Å². The van der Waals surface area contributed by atoms with Crippen LogP contribution in [-0.2, 0) is 11.3 Å². The second kappa shape index (κ2) is 10.0. The zero-order chi connectivity index (χ0) is 22.3. The highest BCUT2D eigenvalue weighted by Gasteiger charge is 2.26. The lowest BCUT2D eigenvalue weighted by Gasteiger charge is -2.21. The maximum Gasteiger partial charge on any atom is 0.407 e. The Hall–Kier alpha value is -3.16. The zero-order valence-electron chi connectivity index (χ0n) is 17.4. The van der Waals surface area contributed by atoms with Crippen molar-refractivity contribution in [2.24, 2.45) is 0 Å². The van der Waals surface area contributed by atoms with Crippen molar-refractivity contribution in [3.63, 3.8) is 0 Å². The van der Waals surface area contributed by atoms with Crippen molar-refractivity contribution in [1.82, 2.24) is 10.6 Å². The normalized spacial score (nSPS) is 12.2. The van der Waals surface area contributed by atoms with E-state index in [0.29, 0.717) is 11.3 Å². The molecule has 0 fully saturated rings. The molecule has 0 saturated carbocycles. The van der Waals surface area contributed by atoms with Gasteiger partial charge >= 0.3 is 6.09 Å². The summed E-state index contributed by atoms with van der Waals surface area (Å²) in [6.45, 7) is 5.22. The van der Waals surface area contributed by atoms with E-state index in [1.807, 2.05) is 0 Å². The molecule has 0 aliphatic heterocycles. The summed E-state index contributed by atoms with van der Waals surface area (Å²) in [6, 6.07) is 11.0. The Bertz CT molecular complexity index is 864. The van der Waals surface area contributed by atoms with Crippen LogP contribution in [-0.4, -0.2) is 31.1 Å². The summed E-state index contributed by atoms with van der Waals surface area (Å²) >= 11 is 0. The Morgan fingerprint density at radius 1 is 1.03 bits per heavy atom. The van der Waals surface area contributed by atoms with E-state index in [-0.39, 0.29) is 17.7 Å². The van der Waals surface area contributed by atoms with Gasteiger partial charge in [0, 0.05) is 12.1 Å². The molecular formula is C22H26F2N2O4. The van der Waals surface area contributed by atoms with Crippen molar-refractivity contribution in [1.29, 1.82) is 0 Å². The van der Waals surface area contributed by atoms with Gasteiger partial charge in [0.05, 0.1) is 7.11 Å². The predicted molar refractivity (Wildman–Crippen MR) is 109 cm³/mol. The van der Waals surface area contributed by atoms with Crippen LogP contribution < -0.4 is 15.4 Å². The van der Waals surface area contributed by atoms with Gasteiger partial charge in [0.25, 0.3) is 12.3 Å². The van der Waals surface area contributed by atoms with Crippen molar-refractivity contribution >= 4 is 12.0 Å². The summed E-state index contributed by atoms with van der Waals surface area (Å²) in [6.07, 6.45) is -3.45. The number of rotatable bonds is 7. The first-order valence-electron chi connectivity index (χ1n) is 9.38. The fraction of sp³-hybridized carbons (Fsp3) is 0.364. The molecule has 1 atom stereocenters. The number of alkyl halides is 2. The number of benzene rings is 2. The number of carbonyl (C=O) groups excluding carboxylic acids is 2. The number of methoxy groups -OCH3 is 1. The van der Waals surface area contributed by atoms with Gasteiger partial charge < -0.3 is 20.1 Å². The molecule has 2 rings (SSSR count). The van der Waals surface area contributed by atoms with E-state index < -0.39 is 30.1 Å². The Morgan fingerprint density at radius 3 is 2.23 bits per heavy atom. The minimum absolute atomic E-state index is 0.0143. The molecule has 0 aromatic heterocycles. The minimum atomic E-state index is -2.81. The molecule has 0 unspecified atom stereocenters. The maximum absolute atomic E-state index is 13.6. The molecule has 0 aliphatic carbocycles. The van der Waals surface area contributed by atoms with E-state index in [0.717, 1.165) is 0 Å². The molecule has 162 valence electrons. The van der Waals surface area contributed by atoms with E-state index in [1.54, 1.807) is 51.1 Å². The third kappa shape index (κ3) is 6.72. The molecule has 0 radical (unpaired) electrons. The lowest BCUT2D eigenvalue weighted by atomic mass is 10.0. The highest BCUT2D eigenvalue weighted by Crippen LogP contribution is 2.24. The highest BCUT2D eigenvalue weighted by atomic mass is 19.3. The number of ether oxygens (including phenoxy) is 2. The summed E-state index contributed by atoms with van der Waals surface area (Å²) in [5.74, 6) is -0.144. The van der Waals surface area contributed by atoms with Gasteiger partial charge in [0.2, 0.25) is 0 Å². The molecule has 0 saturated heterocycles. The molecule has 8 heteroatoms. The first-order valence-corrected chi connectivity index (χ1v) is 9.38. The average molecular weight is 420 g/mol. The molecule has 2 N–H and O–H groups in total. The monoisotopic (exact) mass is 420 g/mol. The maximum atomic E-state index is 13.6. The minimum Gasteiger partial charge on any atom is -0.497 e. The first-order chi connectivity index (χ1) is 14.1. The topological polar surface area (TPSA) is 76.7 Å². The zero-order valence-corrected chi connectivity index (χ0v) is 17.4. The van der Waals surface area contributed by atoms with Crippen LogP contribution in [0.3, 0.4) is 0 Å². The molecule has 2 amide bonds. The van der Waals surface area contributed by atoms with Crippen molar-refractivity contribution in [2.45, 2.75) is 45.4 Å². The van der Waals surface area contributed by atoms with Crippen LogP contribution in [0.5, 0.6) is 5.75 Å². The molecule has 2 aromatic carbocycles. The van der Waals surface area contributed by atoms with Crippen LogP contribution in [0, 0.1) is 0 Å². The molecule has 6 nitrogen and oxygen atoms in total. The Balaban J connectivity index is 2.14. The van der Waals surface area contributed by atoms with Gasteiger partial charge in [-0.15, -0.1) is 0 Å². The van der Waals surface area contributed by atoms with Crippen LogP contribution in [0.2, 0.25) is 0 Å². The molecule has 2 aromatic rings. The van der Waals surface area contributed by atoms with E-state index in [4.69, 9.17) is 9.47 Å². The lowest BCUT2D eigenvalue weighted by molar-refractivity contribution is 0.0522. The quantitative estimate of drug-likeness (QED) is 0.694. The largest absolute Gasteiger partial charge is 0.497 e. The molecule has 0 spiro atoms. The number of nitrogens with one attached hydrogen (secondary N) is 2. The van der Waals surface area contributed by atoms with Crippen molar-refractivity contribution in [3.05, 3.63) is 65.2 Å². The van der Waals surface area contributed by atoms with Gasteiger partial charge in [-0.3, -0.25) is 4.79 Å². The fourth-order valence-corrected chi connectivity index (χ4v) is 2.70. The van der Waals surface area contributed by atoms with Gasteiger partial charge in [-0.05, 0) is 50.1 Å². The van der Waals surface area contributed by atoms with Crippen molar-refractivity contribution < 1.29 is 27.8 Å². The number of hydrogen-bond donors (Lipinski definition) is 2. The highest BCUT2D eigenvalue weighted by molar-refractivity contribution is 5.96. The van der Waals surface area contributed by atoms with Crippen LogP contribution >= 0.6 is 0 Å². The molecule has 0 aliphatic rings. The van der Waals surface area contributed by atoms with Gasteiger partial charge in [-0.1, -0.05) is 30.3 Å². The summed E-state index contributed by atoms with van der Waals surface area (Å²) in [7, 11) is 1.48. The Kier molecular flexibility index (Phi) is 7.74. The fourth-order valence-electron chi connectivity index (χ4n) is 2.70. The second-order valence-corrected chi connectivity index (χ2v) is 7.57. The Morgan fingerprint density at radius 2 is 1.67 bits per heavy atom. The first kappa shape index (κ1) is 23.1.